The number of amides is 1. The Morgan fingerprint density at radius 2 is 1.87 bits per heavy atom. The standard InChI is InChI=1S/C11H23BrN2O/c1-5-14(6-2)9-7-8-13-10(15)11(3,4)12/h5-9H2,1-4H3,(H,13,15). The molecular weight excluding hydrogens is 256 g/mol. The Labute approximate surface area is 102 Å². The van der Waals surface area contributed by atoms with Gasteiger partial charge in [-0.05, 0) is 39.9 Å². The molecule has 4 heteroatoms. The highest BCUT2D eigenvalue weighted by atomic mass is 79.9. The maximum atomic E-state index is 11.5. The summed E-state index contributed by atoms with van der Waals surface area (Å²) in [6.07, 6.45) is 1.01. The zero-order chi connectivity index (χ0) is 11.9. The van der Waals surface area contributed by atoms with Gasteiger partial charge in [-0.1, -0.05) is 29.8 Å². The minimum atomic E-state index is -0.456. The molecule has 1 amide bonds. The second-order valence-corrected chi connectivity index (χ2v) is 6.09. The number of alkyl halides is 1. The third-order valence-electron chi connectivity index (χ3n) is 2.37. The van der Waals surface area contributed by atoms with Crippen LogP contribution in [0.2, 0.25) is 0 Å². The number of nitrogens with one attached hydrogen (secondary N) is 1. The molecule has 0 saturated carbocycles. The van der Waals surface area contributed by atoms with E-state index in [0.717, 1.165) is 32.6 Å². The first-order chi connectivity index (χ1) is 6.91. The molecule has 0 aromatic heterocycles. The van der Waals surface area contributed by atoms with Crippen LogP contribution in [0.25, 0.3) is 0 Å². The lowest BCUT2D eigenvalue weighted by Crippen LogP contribution is -2.39. The van der Waals surface area contributed by atoms with E-state index in [1.165, 1.54) is 0 Å². The van der Waals surface area contributed by atoms with E-state index in [-0.39, 0.29) is 5.91 Å². The van der Waals surface area contributed by atoms with Crippen LogP contribution in [0.3, 0.4) is 0 Å². The maximum absolute atomic E-state index is 11.5. The lowest BCUT2D eigenvalue weighted by atomic mass is 10.2. The van der Waals surface area contributed by atoms with E-state index in [0.29, 0.717) is 0 Å². The van der Waals surface area contributed by atoms with Crippen LogP contribution in [0, 0.1) is 0 Å². The Hall–Kier alpha value is -0.0900. The van der Waals surface area contributed by atoms with Crippen LogP contribution >= 0.6 is 15.9 Å². The quantitative estimate of drug-likeness (QED) is 0.571. The average molecular weight is 279 g/mol. The molecule has 3 nitrogen and oxygen atoms in total. The van der Waals surface area contributed by atoms with Gasteiger partial charge in [0, 0.05) is 6.54 Å². The maximum Gasteiger partial charge on any atom is 0.236 e. The molecule has 0 aliphatic carbocycles. The van der Waals surface area contributed by atoms with E-state index < -0.39 is 4.32 Å². The average Bonchev–Trinajstić information content (AvgIpc) is 2.16. The van der Waals surface area contributed by atoms with Crippen LogP contribution < -0.4 is 5.32 Å². The fraction of sp³-hybridized carbons (Fsp3) is 0.909. The van der Waals surface area contributed by atoms with Gasteiger partial charge in [0.1, 0.15) is 0 Å². The minimum Gasteiger partial charge on any atom is -0.355 e. The molecule has 0 bridgehead atoms. The summed E-state index contributed by atoms with van der Waals surface area (Å²) in [6, 6.07) is 0. The van der Waals surface area contributed by atoms with Gasteiger partial charge >= 0.3 is 0 Å². The van der Waals surface area contributed by atoms with Crippen molar-refractivity contribution in [2.45, 2.75) is 38.4 Å². The number of carbonyl (C=O) groups is 1. The second kappa shape index (κ2) is 7.23. The second-order valence-electron chi connectivity index (χ2n) is 4.11. The number of hydrogen-bond donors (Lipinski definition) is 1. The van der Waals surface area contributed by atoms with Crippen molar-refractivity contribution in [2.24, 2.45) is 0 Å². The molecular formula is C11H23BrN2O. The monoisotopic (exact) mass is 278 g/mol. The predicted molar refractivity (Wildman–Crippen MR) is 68.4 cm³/mol. The van der Waals surface area contributed by atoms with Crippen molar-refractivity contribution in [3.8, 4) is 0 Å². The van der Waals surface area contributed by atoms with E-state index in [4.69, 9.17) is 0 Å². The summed E-state index contributed by atoms with van der Waals surface area (Å²) in [7, 11) is 0. The van der Waals surface area contributed by atoms with Crippen LogP contribution in [0.5, 0.6) is 0 Å². The van der Waals surface area contributed by atoms with Crippen molar-refractivity contribution in [3.05, 3.63) is 0 Å². The van der Waals surface area contributed by atoms with Gasteiger partial charge in [-0.2, -0.15) is 0 Å². The Morgan fingerprint density at radius 3 is 2.27 bits per heavy atom. The Morgan fingerprint density at radius 1 is 1.33 bits per heavy atom. The lowest BCUT2D eigenvalue weighted by molar-refractivity contribution is -0.122. The Kier molecular flexibility index (Phi) is 7.18. The van der Waals surface area contributed by atoms with Crippen molar-refractivity contribution < 1.29 is 4.79 Å². The van der Waals surface area contributed by atoms with Crippen LogP contribution in [0.4, 0.5) is 0 Å². The first kappa shape index (κ1) is 14.9. The molecule has 0 atom stereocenters. The molecule has 90 valence electrons. The van der Waals surface area contributed by atoms with Crippen LogP contribution in [-0.4, -0.2) is 41.3 Å². The molecule has 0 aromatic rings. The number of halogens is 1. The predicted octanol–water partition coefficient (Wildman–Crippen LogP) is 2.01. The van der Waals surface area contributed by atoms with E-state index in [2.05, 4.69) is 40.0 Å². The number of rotatable bonds is 7. The van der Waals surface area contributed by atoms with E-state index >= 15 is 0 Å². The number of carbonyl (C=O) groups excluding carboxylic acids is 1. The fourth-order valence-corrected chi connectivity index (χ4v) is 1.39. The Bertz CT molecular complexity index is 186. The molecule has 0 fully saturated rings. The SMILES string of the molecule is CCN(CC)CCCNC(=O)C(C)(C)Br. The van der Waals surface area contributed by atoms with Crippen LogP contribution in [0.1, 0.15) is 34.1 Å². The summed E-state index contributed by atoms with van der Waals surface area (Å²) >= 11 is 3.33. The molecule has 15 heavy (non-hydrogen) atoms. The zero-order valence-electron chi connectivity index (χ0n) is 10.3. The normalized spacial score (nSPS) is 11.9. The van der Waals surface area contributed by atoms with Crippen LogP contribution in [0.15, 0.2) is 0 Å². The molecule has 0 spiro atoms. The van der Waals surface area contributed by atoms with Gasteiger partial charge in [-0.25, -0.2) is 0 Å². The molecule has 0 aliphatic heterocycles. The highest BCUT2D eigenvalue weighted by Gasteiger charge is 2.22. The summed E-state index contributed by atoms with van der Waals surface area (Å²) in [5, 5.41) is 2.91. The molecule has 0 rings (SSSR count). The zero-order valence-corrected chi connectivity index (χ0v) is 11.9. The highest BCUT2D eigenvalue weighted by molar-refractivity contribution is 9.10. The molecule has 0 heterocycles. The molecule has 0 aromatic carbocycles. The van der Waals surface area contributed by atoms with Gasteiger partial charge in [-0.15, -0.1) is 0 Å². The van der Waals surface area contributed by atoms with Crippen molar-refractivity contribution >= 4 is 21.8 Å². The molecule has 0 unspecified atom stereocenters. The molecule has 0 saturated heterocycles. The van der Waals surface area contributed by atoms with Gasteiger partial charge < -0.3 is 10.2 Å². The van der Waals surface area contributed by atoms with E-state index in [1.807, 2.05) is 13.8 Å². The van der Waals surface area contributed by atoms with Crippen molar-refractivity contribution in [1.29, 1.82) is 0 Å². The summed E-state index contributed by atoms with van der Waals surface area (Å²) in [5.74, 6) is 0.0575. The topological polar surface area (TPSA) is 32.3 Å². The van der Waals surface area contributed by atoms with Crippen molar-refractivity contribution in [2.75, 3.05) is 26.2 Å². The molecule has 0 aliphatic rings. The van der Waals surface area contributed by atoms with E-state index in [1.54, 1.807) is 0 Å². The fourth-order valence-electron chi connectivity index (χ4n) is 1.25. The third kappa shape index (κ3) is 6.90. The molecule has 1 N–H and O–H groups in total. The third-order valence-corrected chi connectivity index (χ3v) is 2.73. The number of hydrogen-bond acceptors (Lipinski definition) is 2. The van der Waals surface area contributed by atoms with Gasteiger partial charge in [-0.3, -0.25) is 4.79 Å². The first-order valence-corrected chi connectivity index (χ1v) is 6.40. The van der Waals surface area contributed by atoms with Crippen molar-refractivity contribution in [3.63, 3.8) is 0 Å². The van der Waals surface area contributed by atoms with Gasteiger partial charge in [0.2, 0.25) is 5.91 Å². The summed E-state index contributed by atoms with van der Waals surface area (Å²) < 4.78 is -0.456. The van der Waals surface area contributed by atoms with Gasteiger partial charge in [0.15, 0.2) is 0 Å². The van der Waals surface area contributed by atoms with Gasteiger partial charge in [0.05, 0.1) is 4.32 Å². The summed E-state index contributed by atoms with van der Waals surface area (Å²) in [4.78, 5) is 13.8. The first-order valence-electron chi connectivity index (χ1n) is 5.61. The molecule has 0 radical (unpaired) electrons. The summed E-state index contributed by atoms with van der Waals surface area (Å²) in [6.45, 7) is 12.0. The smallest absolute Gasteiger partial charge is 0.236 e. The van der Waals surface area contributed by atoms with Crippen molar-refractivity contribution in [1.82, 2.24) is 10.2 Å². The largest absolute Gasteiger partial charge is 0.355 e. The highest BCUT2D eigenvalue weighted by Crippen LogP contribution is 2.14. The van der Waals surface area contributed by atoms with E-state index in [9.17, 15) is 4.79 Å². The minimum absolute atomic E-state index is 0.0575. The Balaban J connectivity index is 3.59. The lowest BCUT2D eigenvalue weighted by Gasteiger charge is -2.19. The summed E-state index contributed by atoms with van der Waals surface area (Å²) in [5.41, 5.74) is 0. The van der Waals surface area contributed by atoms with Gasteiger partial charge in [0.25, 0.3) is 0 Å². The number of nitrogens with zero attached hydrogens (tertiary/aromatic N) is 1. The van der Waals surface area contributed by atoms with Crippen LogP contribution in [-0.2, 0) is 4.79 Å².